The molecule has 0 aliphatic carbocycles. The minimum Gasteiger partial charge on any atom is -0.437 e. The van der Waals surface area contributed by atoms with E-state index in [0.717, 1.165) is 66.1 Å². The second kappa shape index (κ2) is 10.9. The zero-order valence-corrected chi connectivity index (χ0v) is 30.9. The quantitative estimate of drug-likeness (QED) is 0.181. The lowest BCUT2D eigenvalue weighted by Gasteiger charge is -2.11. The molecule has 0 bridgehead atoms. The number of para-hydroxylation sites is 6. The van der Waals surface area contributed by atoms with Crippen LogP contribution in [0.2, 0.25) is 0 Å². The van der Waals surface area contributed by atoms with Crippen molar-refractivity contribution in [3.8, 4) is 22.9 Å². The van der Waals surface area contributed by atoms with Crippen LogP contribution in [0.25, 0.3) is 127 Å². The van der Waals surface area contributed by atoms with Crippen molar-refractivity contribution in [1.29, 1.82) is 0 Å². The van der Waals surface area contributed by atoms with E-state index in [2.05, 4.69) is 177 Å². The summed E-state index contributed by atoms with van der Waals surface area (Å²) < 4.78 is 13.7. The standard InChI is InChI=1S/C52H29N5O/c1-2-14-31(15-3-1)55-39-21-9-4-16-32(39)37-28-30(26-27-43(37)55)49-48-36-20-8-13-25-45(36)58-51(48)54-52(53-49)57-42-24-12-6-18-34(42)46-44(57)29-38-33-17-5-10-22-40(33)56-41-23-11-7-19-35(41)47(46)50(38)56/h1-29H. The van der Waals surface area contributed by atoms with Crippen LogP contribution in [0.5, 0.6) is 0 Å². The van der Waals surface area contributed by atoms with Gasteiger partial charge in [-0.05, 0) is 60.7 Å². The third-order valence-corrected chi connectivity index (χ3v) is 12.4. The Balaban J connectivity index is 1.12. The summed E-state index contributed by atoms with van der Waals surface area (Å²) in [5, 5.41) is 11.5. The summed E-state index contributed by atoms with van der Waals surface area (Å²) in [6, 6.07) is 62.7. The molecular formula is C52H29N5O. The first kappa shape index (κ1) is 30.3. The van der Waals surface area contributed by atoms with Crippen molar-refractivity contribution in [3.63, 3.8) is 0 Å². The summed E-state index contributed by atoms with van der Waals surface area (Å²) in [7, 11) is 0. The van der Waals surface area contributed by atoms with E-state index in [-0.39, 0.29) is 0 Å². The first-order valence-electron chi connectivity index (χ1n) is 19.7. The fourth-order valence-electron chi connectivity index (χ4n) is 10.1. The number of benzene rings is 8. The Morgan fingerprint density at radius 2 is 0.966 bits per heavy atom. The number of nitrogens with zero attached hydrogens (tertiary/aromatic N) is 5. The van der Waals surface area contributed by atoms with E-state index >= 15 is 0 Å². The molecule has 0 atom stereocenters. The van der Waals surface area contributed by atoms with Crippen LogP contribution in [-0.2, 0) is 0 Å². The van der Waals surface area contributed by atoms with Crippen molar-refractivity contribution in [2.45, 2.75) is 0 Å². The van der Waals surface area contributed by atoms with Crippen LogP contribution in [0.3, 0.4) is 0 Å². The maximum atomic E-state index is 6.64. The molecule has 0 saturated carbocycles. The van der Waals surface area contributed by atoms with Crippen LogP contribution in [0.15, 0.2) is 180 Å². The molecule has 0 unspecified atom stereocenters. The molecule has 0 aliphatic heterocycles. The lowest BCUT2D eigenvalue weighted by atomic mass is 10.0. The van der Waals surface area contributed by atoms with Gasteiger partial charge < -0.3 is 13.4 Å². The molecule has 0 aliphatic rings. The van der Waals surface area contributed by atoms with Crippen LogP contribution < -0.4 is 0 Å². The van der Waals surface area contributed by atoms with Gasteiger partial charge in [0.2, 0.25) is 11.7 Å². The summed E-state index contributed by atoms with van der Waals surface area (Å²) in [6.45, 7) is 0. The average Bonchev–Trinajstić information content (AvgIpc) is 4.08. The Hall–Kier alpha value is -7.96. The first-order valence-corrected chi connectivity index (χ1v) is 19.7. The molecule has 14 rings (SSSR count). The lowest BCUT2D eigenvalue weighted by molar-refractivity contribution is 0.651. The van der Waals surface area contributed by atoms with Gasteiger partial charge in [-0.2, -0.15) is 4.98 Å². The zero-order valence-electron chi connectivity index (χ0n) is 30.9. The molecule has 0 fully saturated rings. The monoisotopic (exact) mass is 739 g/mol. The molecule has 6 heteroatoms. The second-order valence-corrected chi connectivity index (χ2v) is 15.3. The van der Waals surface area contributed by atoms with Crippen molar-refractivity contribution >= 4 is 104 Å². The van der Waals surface area contributed by atoms with Gasteiger partial charge in [-0.3, -0.25) is 4.57 Å². The lowest BCUT2D eigenvalue weighted by Crippen LogP contribution is -2.03. The van der Waals surface area contributed by atoms with Crippen LogP contribution in [0, 0.1) is 0 Å². The van der Waals surface area contributed by atoms with Gasteiger partial charge in [0.25, 0.3) is 0 Å². The molecule has 0 saturated heterocycles. The predicted molar refractivity (Wildman–Crippen MR) is 238 cm³/mol. The predicted octanol–water partition coefficient (Wildman–Crippen LogP) is 13.4. The van der Waals surface area contributed by atoms with Crippen LogP contribution in [0.1, 0.15) is 0 Å². The molecule has 6 heterocycles. The Kier molecular flexibility index (Phi) is 5.68. The highest BCUT2D eigenvalue weighted by molar-refractivity contribution is 6.35. The van der Waals surface area contributed by atoms with Gasteiger partial charge in [0.1, 0.15) is 5.58 Å². The molecule has 6 nitrogen and oxygen atoms in total. The van der Waals surface area contributed by atoms with Gasteiger partial charge in [-0.25, -0.2) is 4.98 Å². The van der Waals surface area contributed by atoms with E-state index in [1.54, 1.807) is 0 Å². The Morgan fingerprint density at radius 3 is 1.74 bits per heavy atom. The fraction of sp³-hybridized carbons (Fsp3) is 0. The average molecular weight is 740 g/mol. The SMILES string of the molecule is c1ccc(-n2c3ccccc3c3cc(-c4nc(-n5c6ccccc6c6c7c8ccccc8n8c9ccccc9c(cc65)c78)nc5oc6ccccc6c45)ccc32)cc1. The Bertz CT molecular complexity index is 4030. The van der Waals surface area contributed by atoms with Crippen molar-refractivity contribution in [3.05, 3.63) is 176 Å². The largest absolute Gasteiger partial charge is 0.437 e. The molecule has 268 valence electrons. The fourth-order valence-corrected chi connectivity index (χ4v) is 10.1. The second-order valence-electron chi connectivity index (χ2n) is 15.3. The molecule has 6 aromatic heterocycles. The summed E-state index contributed by atoms with van der Waals surface area (Å²) in [4.78, 5) is 10.9. The van der Waals surface area contributed by atoms with Crippen molar-refractivity contribution in [2.75, 3.05) is 0 Å². The van der Waals surface area contributed by atoms with Gasteiger partial charge in [-0.1, -0.05) is 115 Å². The number of hydrogen-bond acceptors (Lipinski definition) is 3. The van der Waals surface area contributed by atoms with Crippen molar-refractivity contribution in [2.24, 2.45) is 0 Å². The van der Waals surface area contributed by atoms with E-state index in [1.807, 2.05) is 12.1 Å². The van der Waals surface area contributed by atoms with Crippen LogP contribution in [0.4, 0.5) is 0 Å². The molecule has 8 aromatic carbocycles. The Labute approximate surface area is 329 Å². The minimum atomic E-state index is 0.562. The van der Waals surface area contributed by atoms with Crippen LogP contribution >= 0.6 is 0 Å². The summed E-state index contributed by atoms with van der Waals surface area (Å²) in [5.41, 5.74) is 12.4. The van der Waals surface area contributed by atoms with E-state index in [1.165, 1.54) is 48.9 Å². The van der Waals surface area contributed by atoms with E-state index in [4.69, 9.17) is 14.4 Å². The summed E-state index contributed by atoms with van der Waals surface area (Å²) >= 11 is 0. The highest BCUT2D eigenvalue weighted by Gasteiger charge is 2.26. The topological polar surface area (TPSA) is 53.2 Å². The third-order valence-electron chi connectivity index (χ3n) is 12.4. The third kappa shape index (κ3) is 3.76. The summed E-state index contributed by atoms with van der Waals surface area (Å²) in [5.74, 6) is 0.570. The molecule has 0 spiro atoms. The van der Waals surface area contributed by atoms with Crippen molar-refractivity contribution < 1.29 is 4.42 Å². The number of furan rings is 1. The molecular weight excluding hydrogens is 711 g/mol. The van der Waals surface area contributed by atoms with Crippen LogP contribution in [-0.4, -0.2) is 23.5 Å². The Morgan fingerprint density at radius 1 is 0.379 bits per heavy atom. The van der Waals surface area contributed by atoms with Gasteiger partial charge in [0, 0.05) is 59.7 Å². The molecule has 0 amide bonds. The van der Waals surface area contributed by atoms with E-state index in [9.17, 15) is 0 Å². The van der Waals surface area contributed by atoms with Gasteiger partial charge in [0.15, 0.2) is 0 Å². The highest BCUT2D eigenvalue weighted by atomic mass is 16.3. The van der Waals surface area contributed by atoms with Gasteiger partial charge in [0.05, 0.1) is 49.7 Å². The normalized spacial score (nSPS) is 12.5. The zero-order chi connectivity index (χ0) is 37.6. The number of hydrogen-bond donors (Lipinski definition) is 0. The highest BCUT2D eigenvalue weighted by Crippen LogP contribution is 2.47. The smallest absolute Gasteiger partial charge is 0.238 e. The molecule has 0 radical (unpaired) electrons. The number of aromatic nitrogens is 5. The number of rotatable bonds is 3. The van der Waals surface area contributed by atoms with Gasteiger partial charge >= 0.3 is 0 Å². The summed E-state index contributed by atoms with van der Waals surface area (Å²) in [6.07, 6.45) is 0. The molecule has 14 aromatic rings. The number of fused-ring (bicyclic) bond motifs is 16. The first-order chi connectivity index (χ1) is 28.8. The molecule has 0 N–H and O–H groups in total. The van der Waals surface area contributed by atoms with Gasteiger partial charge in [-0.15, -0.1) is 0 Å². The van der Waals surface area contributed by atoms with Crippen molar-refractivity contribution in [1.82, 2.24) is 23.5 Å². The molecule has 58 heavy (non-hydrogen) atoms. The minimum absolute atomic E-state index is 0.562. The maximum absolute atomic E-state index is 6.64. The maximum Gasteiger partial charge on any atom is 0.238 e. The van der Waals surface area contributed by atoms with E-state index in [0.29, 0.717) is 11.7 Å². The van der Waals surface area contributed by atoms with E-state index < -0.39 is 0 Å².